The maximum atomic E-state index is 13.1. The van der Waals surface area contributed by atoms with Gasteiger partial charge in [-0.15, -0.1) is 0 Å². The van der Waals surface area contributed by atoms with Gasteiger partial charge in [-0.2, -0.15) is 5.10 Å². The molecule has 4 aromatic rings. The van der Waals surface area contributed by atoms with Crippen molar-refractivity contribution >= 4 is 28.3 Å². The molecule has 0 unspecified atom stereocenters. The van der Waals surface area contributed by atoms with E-state index in [1.165, 1.54) is 0 Å². The van der Waals surface area contributed by atoms with Crippen molar-refractivity contribution in [2.24, 2.45) is 0 Å². The number of nitrogens with two attached hydrogens (primary N) is 1. The number of hydrogen-bond donors (Lipinski definition) is 2. The Kier molecular flexibility index (Phi) is 6.35. The van der Waals surface area contributed by atoms with E-state index in [-0.39, 0.29) is 5.91 Å². The predicted octanol–water partition coefficient (Wildman–Crippen LogP) is 4.11. The van der Waals surface area contributed by atoms with Crippen molar-refractivity contribution < 1.29 is 4.79 Å². The third kappa shape index (κ3) is 4.96. The summed E-state index contributed by atoms with van der Waals surface area (Å²) in [6, 6.07) is 12.0. The fourth-order valence-corrected chi connectivity index (χ4v) is 4.42. The molecule has 8 nitrogen and oxygen atoms in total. The third-order valence-electron chi connectivity index (χ3n) is 6.55. The highest BCUT2D eigenvalue weighted by molar-refractivity contribution is 5.95. The van der Waals surface area contributed by atoms with Crippen LogP contribution in [0, 0.1) is 0 Å². The van der Waals surface area contributed by atoms with Crippen molar-refractivity contribution in [1.82, 2.24) is 25.1 Å². The average Bonchev–Trinajstić information content (AvgIpc) is 3.64. The van der Waals surface area contributed by atoms with Gasteiger partial charge in [0.15, 0.2) is 0 Å². The van der Waals surface area contributed by atoms with Crippen molar-refractivity contribution in [3.05, 3.63) is 77.4 Å². The number of amides is 1. The quantitative estimate of drug-likeness (QED) is 0.382. The van der Waals surface area contributed by atoms with Gasteiger partial charge in [-0.05, 0) is 61.4 Å². The molecule has 35 heavy (non-hydrogen) atoms. The average molecular weight is 470 g/mol. The van der Waals surface area contributed by atoms with E-state index in [2.05, 4.69) is 46.2 Å². The molecule has 5 rings (SSSR count). The third-order valence-corrected chi connectivity index (χ3v) is 6.55. The summed E-state index contributed by atoms with van der Waals surface area (Å²) in [5, 5.41) is 9.78. The minimum atomic E-state index is -0.0949. The minimum Gasteiger partial charge on any atom is -0.383 e. The Morgan fingerprint density at radius 2 is 1.91 bits per heavy atom. The lowest BCUT2D eigenvalue weighted by Crippen LogP contribution is -2.23. The number of carbonyl (C=O) groups excluding carboxylic acids is 1. The molecule has 0 atom stereocenters. The number of aromatic nitrogens is 4. The zero-order valence-corrected chi connectivity index (χ0v) is 20.2. The lowest BCUT2D eigenvalue weighted by Gasteiger charge is -2.19. The van der Waals surface area contributed by atoms with E-state index in [0.29, 0.717) is 30.4 Å². The van der Waals surface area contributed by atoms with Gasteiger partial charge in [0.05, 0.1) is 17.8 Å². The molecular weight excluding hydrogens is 438 g/mol. The van der Waals surface area contributed by atoms with Crippen molar-refractivity contribution in [2.75, 3.05) is 23.7 Å². The number of benzene rings is 1. The minimum absolute atomic E-state index is 0.0949. The molecule has 3 heterocycles. The van der Waals surface area contributed by atoms with E-state index in [9.17, 15) is 4.79 Å². The van der Waals surface area contributed by atoms with Crippen LogP contribution in [0.1, 0.15) is 59.8 Å². The molecule has 1 aliphatic carbocycles. The molecule has 1 aliphatic rings. The maximum absolute atomic E-state index is 13.1. The zero-order valence-electron chi connectivity index (χ0n) is 20.2. The van der Waals surface area contributed by atoms with Gasteiger partial charge in [-0.3, -0.25) is 9.48 Å². The normalized spacial score (nSPS) is 13.2. The number of nitrogen functional groups attached to an aromatic ring is 1. The van der Waals surface area contributed by atoms with Crippen LogP contribution in [-0.4, -0.2) is 38.7 Å². The van der Waals surface area contributed by atoms with Crippen LogP contribution < -0.4 is 16.0 Å². The van der Waals surface area contributed by atoms with Gasteiger partial charge in [0.25, 0.3) is 5.91 Å². The SMILES string of the molecule is CCN(CC)c1ccc(Cn2cc(C(=O)NCc3ccc4c(N)nccc4c3)c(C3CC3)n2)cn1. The summed E-state index contributed by atoms with van der Waals surface area (Å²) in [6.45, 7) is 7.12. The number of hydrogen-bond acceptors (Lipinski definition) is 6. The molecule has 0 bridgehead atoms. The molecule has 1 fully saturated rings. The van der Waals surface area contributed by atoms with Gasteiger partial charge in [-0.25, -0.2) is 9.97 Å². The number of fused-ring (bicyclic) bond motifs is 1. The monoisotopic (exact) mass is 469 g/mol. The van der Waals surface area contributed by atoms with Gasteiger partial charge in [-0.1, -0.05) is 18.2 Å². The number of anilines is 2. The van der Waals surface area contributed by atoms with Crippen LogP contribution in [0.5, 0.6) is 0 Å². The Morgan fingerprint density at radius 1 is 1.11 bits per heavy atom. The van der Waals surface area contributed by atoms with Crippen LogP contribution in [0.3, 0.4) is 0 Å². The van der Waals surface area contributed by atoms with E-state index in [0.717, 1.165) is 59.3 Å². The lowest BCUT2D eigenvalue weighted by molar-refractivity contribution is 0.0950. The molecule has 1 aromatic carbocycles. The van der Waals surface area contributed by atoms with Crippen LogP contribution in [0.2, 0.25) is 0 Å². The standard InChI is InChI=1S/C27H31N7O/c1-3-33(4-2)24-10-6-19(15-30-24)16-34-17-23(25(32-34)20-7-8-20)27(35)31-14-18-5-9-22-21(13-18)11-12-29-26(22)28/h5-6,9-13,15,17,20H,3-4,7-8,14,16H2,1-2H3,(H2,28,29)(H,31,35). The van der Waals surface area contributed by atoms with Gasteiger partial charge < -0.3 is 16.0 Å². The van der Waals surface area contributed by atoms with Gasteiger partial charge in [0, 0.05) is 49.5 Å². The van der Waals surface area contributed by atoms with E-state index in [4.69, 9.17) is 10.8 Å². The number of nitrogens with one attached hydrogen (secondary N) is 1. The highest BCUT2D eigenvalue weighted by Crippen LogP contribution is 2.40. The molecule has 0 spiro atoms. The Balaban J connectivity index is 1.29. The van der Waals surface area contributed by atoms with Crippen molar-refractivity contribution in [2.45, 2.75) is 45.7 Å². The lowest BCUT2D eigenvalue weighted by atomic mass is 10.1. The molecule has 8 heteroatoms. The summed E-state index contributed by atoms with van der Waals surface area (Å²) >= 11 is 0. The number of nitrogens with zero attached hydrogens (tertiary/aromatic N) is 5. The molecule has 3 aromatic heterocycles. The summed E-state index contributed by atoms with van der Waals surface area (Å²) in [4.78, 5) is 24.1. The van der Waals surface area contributed by atoms with Crippen molar-refractivity contribution in [3.8, 4) is 0 Å². The Bertz CT molecular complexity index is 1340. The van der Waals surface area contributed by atoms with E-state index in [1.54, 1.807) is 6.20 Å². The van der Waals surface area contributed by atoms with Gasteiger partial charge >= 0.3 is 0 Å². The first kappa shape index (κ1) is 22.8. The van der Waals surface area contributed by atoms with Crippen LogP contribution in [0.15, 0.2) is 55.0 Å². The van der Waals surface area contributed by atoms with Crippen LogP contribution >= 0.6 is 0 Å². The van der Waals surface area contributed by atoms with E-state index >= 15 is 0 Å². The van der Waals surface area contributed by atoms with Crippen LogP contribution in [0.4, 0.5) is 11.6 Å². The molecular formula is C27H31N7O. The van der Waals surface area contributed by atoms with Crippen molar-refractivity contribution in [3.63, 3.8) is 0 Å². The summed E-state index contributed by atoms with van der Waals surface area (Å²) in [5.74, 6) is 1.77. The Hall–Kier alpha value is -3.94. The molecule has 0 radical (unpaired) electrons. The second-order valence-electron chi connectivity index (χ2n) is 9.03. The summed E-state index contributed by atoms with van der Waals surface area (Å²) in [7, 11) is 0. The second-order valence-corrected chi connectivity index (χ2v) is 9.03. The largest absolute Gasteiger partial charge is 0.383 e. The summed E-state index contributed by atoms with van der Waals surface area (Å²) in [6.07, 6.45) is 7.63. The smallest absolute Gasteiger partial charge is 0.255 e. The number of rotatable bonds is 9. The fraction of sp³-hybridized carbons (Fsp3) is 0.333. The van der Waals surface area contributed by atoms with Gasteiger partial charge in [0.2, 0.25) is 0 Å². The molecule has 1 saturated carbocycles. The fourth-order valence-electron chi connectivity index (χ4n) is 4.42. The molecule has 1 amide bonds. The topological polar surface area (TPSA) is 102 Å². The zero-order chi connectivity index (χ0) is 24.4. The maximum Gasteiger partial charge on any atom is 0.255 e. The highest BCUT2D eigenvalue weighted by atomic mass is 16.1. The predicted molar refractivity (Wildman–Crippen MR) is 138 cm³/mol. The Morgan fingerprint density at radius 3 is 2.63 bits per heavy atom. The first-order valence-electron chi connectivity index (χ1n) is 12.2. The second kappa shape index (κ2) is 9.74. The van der Waals surface area contributed by atoms with Crippen LogP contribution in [-0.2, 0) is 13.1 Å². The van der Waals surface area contributed by atoms with Crippen LogP contribution in [0.25, 0.3) is 10.8 Å². The molecule has 0 aliphatic heterocycles. The molecule has 180 valence electrons. The Labute approximate surface area is 205 Å². The summed E-state index contributed by atoms with van der Waals surface area (Å²) < 4.78 is 1.86. The van der Waals surface area contributed by atoms with Crippen molar-refractivity contribution in [1.29, 1.82) is 0 Å². The molecule has 3 N–H and O–H groups in total. The number of pyridine rings is 2. The summed E-state index contributed by atoms with van der Waals surface area (Å²) in [5.41, 5.74) is 9.58. The van der Waals surface area contributed by atoms with Gasteiger partial charge in [0.1, 0.15) is 11.6 Å². The van der Waals surface area contributed by atoms with E-state index < -0.39 is 0 Å². The van der Waals surface area contributed by atoms with E-state index in [1.807, 2.05) is 41.3 Å². The number of carbonyl (C=O) groups is 1. The first-order valence-corrected chi connectivity index (χ1v) is 12.2. The molecule has 0 saturated heterocycles. The highest BCUT2D eigenvalue weighted by Gasteiger charge is 2.31. The first-order chi connectivity index (χ1) is 17.1.